The van der Waals surface area contributed by atoms with Crippen LogP contribution in [0.3, 0.4) is 0 Å². The van der Waals surface area contributed by atoms with Gasteiger partial charge in [0, 0.05) is 28.3 Å². The normalized spacial score (nSPS) is 12.0. The summed E-state index contributed by atoms with van der Waals surface area (Å²) in [6.07, 6.45) is 9.05. The van der Waals surface area contributed by atoms with E-state index >= 15 is 0 Å². The molecule has 0 bridgehead atoms. The van der Waals surface area contributed by atoms with Gasteiger partial charge in [-0.25, -0.2) is 8.78 Å². The maximum Gasteiger partial charge on any atom is 0.161 e. The maximum atomic E-state index is 14.7. The third-order valence-corrected chi connectivity index (χ3v) is 9.68. The number of aliphatic hydroxyl groups excluding tert-OH is 1. The summed E-state index contributed by atoms with van der Waals surface area (Å²) in [7, 11) is 0. The highest BCUT2D eigenvalue weighted by Gasteiger charge is 2.14. The van der Waals surface area contributed by atoms with Crippen molar-refractivity contribution >= 4 is 36.9 Å². The number of rotatable bonds is 11. The van der Waals surface area contributed by atoms with Crippen molar-refractivity contribution in [3.05, 3.63) is 171 Å². The molecule has 0 atom stereocenters. The minimum Gasteiger partial charge on any atom is -0.491 e. The molecule has 6 aromatic carbocycles. The van der Waals surface area contributed by atoms with Gasteiger partial charge in [-0.05, 0) is 119 Å². The molecule has 0 fully saturated rings. The van der Waals surface area contributed by atoms with Crippen molar-refractivity contribution in [3.8, 4) is 39.5 Å². The molecule has 0 saturated carbocycles. The zero-order chi connectivity index (χ0) is 40.3. The van der Waals surface area contributed by atoms with Gasteiger partial charge in [-0.2, -0.15) is 0 Å². The zero-order valence-electron chi connectivity index (χ0n) is 31.9. The molecule has 0 radical (unpaired) electrons. The van der Waals surface area contributed by atoms with E-state index in [0.29, 0.717) is 47.5 Å². The number of hydrogen-bond acceptors (Lipinski definition) is 6. The molecule has 0 saturated heterocycles. The molecule has 0 aromatic heterocycles. The van der Waals surface area contributed by atoms with E-state index in [9.17, 15) is 18.4 Å². The van der Waals surface area contributed by atoms with Crippen LogP contribution in [0.5, 0.6) is 17.2 Å². The Labute approximate surface area is 331 Å². The quantitative estimate of drug-likeness (QED) is 0.104. The van der Waals surface area contributed by atoms with Crippen LogP contribution in [0, 0.1) is 32.4 Å². The van der Waals surface area contributed by atoms with Crippen molar-refractivity contribution < 1.29 is 37.7 Å². The van der Waals surface area contributed by atoms with Crippen LogP contribution in [0.2, 0.25) is 0 Å². The van der Waals surface area contributed by atoms with E-state index < -0.39 is 0 Å². The SMILES string of the molecule is Cc1c(/C=C/c2cc(C=O)ccc2F)cccc1-c1ccc2c(c1)OCCO2.Cc1ccc(C=O)cc1/C=C/c1cccc(-c2ccc(OCCO)cc2F)c1C. The average Bonchev–Trinajstić information content (AvgIpc) is 3.23. The number of aliphatic hydroxyl groups is 1. The number of ether oxygens (including phenoxy) is 3. The first-order valence-electron chi connectivity index (χ1n) is 18.5. The summed E-state index contributed by atoms with van der Waals surface area (Å²) in [6, 6.07) is 32.3. The number of aryl methyl sites for hydroxylation is 1. The predicted octanol–water partition coefficient (Wildman–Crippen LogP) is 11.0. The molecule has 6 aromatic rings. The number of aldehydes is 2. The van der Waals surface area contributed by atoms with Crippen LogP contribution >= 0.6 is 0 Å². The molecule has 1 aliphatic heterocycles. The Balaban J connectivity index is 0.000000193. The molecule has 7 rings (SSSR count). The first kappa shape index (κ1) is 40.0. The zero-order valence-corrected chi connectivity index (χ0v) is 31.9. The van der Waals surface area contributed by atoms with Gasteiger partial charge in [-0.1, -0.05) is 78.9 Å². The summed E-state index contributed by atoms with van der Waals surface area (Å²) in [5, 5.41) is 8.83. The minimum absolute atomic E-state index is 0.119. The lowest BCUT2D eigenvalue weighted by atomic mass is 9.95. The second-order valence-corrected chi connectivity index (χ2v) is 13.4. The molecule has 1 N–H and O–H groups in total. The van der Waals surface area contributed by atoms with Crippen LogP contribution in [-0.2, 0) is 0 Å². The van der Waals surface area contributed by atoms with Crippen LogP contribution in [0.1, 0.15) is 59.7 Å². The van der Waals surface area contributed by atoms with Gasteiger partial charge in [-0.15, -0.1) is 0 Å². The number of halogens is 2. The van der Waals surface area contributed by atoms with Crippen molar-refractivity contribution in [1.82, 2.24) is 0 Å². The topological polar surface area (TPSA) is 82.1 Å². The highest BCUT2D eigenvalue weighted by molar-refractivity contribution is 5.83. The van der Waals surface area contributed by atoms with Crippen LogP contribution in [0.25, 0.3) is 46.6 Å². The van der Waals surface area contributed by atoms with Crippen molar-refractivity contribution in [2.45, 2.75) is 20.8 Å². The van der Waals surface area contributed by atoms with Gasteiger partial charge in [0.05, 0.1) is 6.61 Å². The fourth-order valence-corrected chi connectivity index (χ4v) is 6.49. The van der Waals surface area contributed by atoms with Crippen LogP contribution < -0.4 is 14.2 Å². The van der Waals surface area contributed by atoms with E-state index in [4.69, 9.17) is 19.3 Å². The lowest BCUT2D eigenvalue weighted by Crippen LogP contribution is -2.15. The monoisotopic (exact) mass is 764 g/mol. The summed E-state index contributed by atoms with van der Waals surface area (Å²) in [6.45, 7) is 7.10. The number of fused-ring (bicyclic) bond motifs is 1. The Bertz CT molecular complexity index is 2470. The summed E-state index contributed by atoms with van der Waals surface area (Å²) >= 11 is 0. The number of hydrogen-bond donors (Lipinski definition) is 1. The lowest BCUT2D eigenvalue weighted by Gasteiger charge is -2.19. The third-order valence-electron chi connectivity index (χ3n) is 9.68. The Morgan fingerprint density at radius 3 is 1.89 bits per heavy atom. The molecule has 288 valence electrons. The second kappa shape index (κ2) is 18.8. The van der Waals surface area contributed by atoms with Crippen molar-refractivity contribution in [2.75, 3.05) is 26.4 Å². The van der Waals surface area contributed by atoms with Gasteiger partial charge >= 0.3 is 0 Å². The highest BCUT2D eigenvalue weighted by Crippen LogP contribution is 2.36. The molecule has 0 unspecified atom stereocenters. The standard InChI is InChI=1S/C25H23FO3.C24H19FO3/c1-17-6-7-19(16-28)14-21(17)9-8-20-4-3-5-23(18(20)2)24-11-10-22(15-25(24)26)29-13-12-27;1-16-18(6-7-20-13-17(15-26)5-9-22(20)25)3-2-4-21(16)19-8-10-23-24(14-19)28-12-11-27-23/h3-11,14-16,27H,12-13H2,1-2H3;2-10,13-15H,11-12H2,1H3/b9-8+;7-6+. The van der Waals surface area contributed by atoms with E-state index in [1.165, 1.54) is 18.2 Å². The lowest BCUT2D eigenvalue weighted by molar-refractivity contribution is 0.111. The fraction of sp³-hybridized carbons (Fsp3) is 0.143. The van der Waals surface area contributed by atoms with Crippen LogP contribution in [-0.4, -0.2) is 44.1 Å². The van der Waals surface area contributed by atoms with E-state index in [-0.39, 0.29) is 24.8 Å². The van der Waals surface area contributed by atoms with Gasteiger partial charge in [0.1, 0.15) is 49.8 Å². The van der Waals surface area contributed by atoms with Crippen molar-refractivity contribution in [3.63, 3.8) is 0 Å². The van der Waals surface area contributed by atoms with Gasteiger partial charge in [0.15, 0.2) is 11.5 Å². The summed E-state index contributed by atoms with van der Waals surface area (Å²) < 4.78 is 45.2. The van der Waals surface area contributed by atoms with E-state index in [1.54, 1.807) is 30.3 Å². The number of carbonyl (C=O) groups is 2. The maximum absolute atomic E-state index is 14.7. The summed E-state index contributed by atoms with van der Waals surface area (Å²) in [5.74, 6) is 1.16. The molecule has 8 heteroatoms. The van der Waals surface area contributed by atoms with Gasteiger partial charge in [-0.3, -0.25) is 9.59 Å². The number of benzene rings is 6. The van der Waals surface area contributed by atoms with Gasteiger partial charge in [0.25, 0.3) is 0 Å². The summed E-state index contributed by atoms with van der Waals surface area (Å²) in [5.41, 5.74) is 10.9. The molecule has 0 spiro atoms. The average molecular weight is 765 g/mol. The van der Waals surface area contributed by atoms with E-state index in [0.717, 1.165) is 67.9 Å². The minimum atomic E-state index is -0.376. The smallest absolute Gasteiger partial charge is 0.161 e. The van der Waals surface area contributed by atoms with E-state index in [2.05, 4.69) is 0 Å². The van der Waals surface area contributed by atoms with Crippen LogP contribution in [0.4, 0.5) is 8.78 Å². The molecule has 57 heavy (non-hydrogen) atoms. The first-order valence-corrected chi connectivity index (χ1v) is 18.5. The number of carbonyl (C=O) groups excluding carboxylic acids is 2. The third kappa shape index (κ3) is 9.79. The largest absolute Gasteiger partial charge is 0.491 e. The molecular weight excluding hydrogens is 723 g/mol. The Morgan fingerprint density at radius 2 is 1.21 bits per heavy atom. The van der Waals surface area contributed by atoms with Crippen molar-refractivity contribution in [2.24, 2.45) is 0 Å². The molecule has 1 heterocycles. The molecular formula is C49H42F2O6. The molecule has 0 amide bonds. The second-order valence-electron chi connectivity index (χ2n) is 13.4. The first-order chi connectivity index (χ1) is 27.7. The Hall–Kier alpha value is -6.64. The fourth-order valence-electron chi connectivity index (χ4n) is 6.49. The van der Waals surface area contributed by atoms with E-state index in [1.807, 2.05) is 106 Å². The highest BCUT2D eigenvalue weighted by atomic mass is 19.1. The predicted molar refractivity (Wildman–Crippen MR) is 223 cm³/mol. The summed E-state index contributed by atoms with van der Waals surface area (Å²) in [4.78, 5) is 22.0. The molecule has 6 nitrogen and oxygen atoms in total. The molecule has 1 aliphatic rings. The van der Waals surface area contributed by atoms with Gasteiger partial charge in [0.2, 0.25) is 0 Å². The van der Waals surface area contributed by atoms with Gasteiger partial charge < -0.3 is 19.3 Å². The van der Waals surface area contributed by atoms with Crippen LogP contribution in [0.15, 0.2) is 109 Å². The Kier molecular flexibility index (Phi) is 13.2. The molecule has 0 aliphatic carbocycles. The Morgan fingerprint density at radius 1 is 0.596 bits per heavy atom. The van der Waals surface area contributed by atoms with Crippen molar-refractivity contribution in [1.29, 1.82) is 0 Å².